The third kappa shape index (κ3) is 2.92. The predicted molar refractivity (Wildman–Crippen MR) is 75.8 cm³/mol. The van der Waals surface area contributed by atoms with Crippen LogP contribution < -0.4 is 0 Å². The van der Waals surface area contributed by atoms with E-state index in [-0.39, 0.29) is 0 Å². The maximum Gasteiger partial charge on any atom is 0.118 e. The second kappa shape index (κ2) is 5.92. The molecule has 0 saturated heterocycles. The van der Waals surface area contributed by atoms with Crippen LogP contribution in [0.1, 0.15) is 12.5 Å². The second-order valence-electron chi connectivity index (χ2n) is 4.05. The summed E-state index contributed by atoms with van der Waals surface area (Å²) in [6.07, 6.45) is 2.84. The lowest BCUT2D eigenvalue weighted by Gasteiger charge is -1.97. The first-order chi connectivity index (χ1) is 8.81. The summed E-state index contributed by atoms with van der Waals surface area (Å²) in [7, 11) is 0. The van der Waals surface area contributed by atoms with Crippen LogP contribution in [-0.2, 0) is 6.42 Å². The number of fused-ring (bicyclic) bond motifs is 1. The molecule has 92 valence electrons. The molecule has 2 nitrogen and oxygen atoms in total. The molecule has 18 heavy (non-hydrogen) atoms. The Balaban J connectivity index is 0.000000134. The SMILES string of the molecule is CCc1ccccc1O.c1ccc2[nH]ccc2c1. The summed E-state index contributed by atoms with van der Waals surface area (Å²) >= 11 is 0. The lowest BCUT2D eigenvalue weighted by Crippen LogP contribution is -1.77. The quantitative estimate of drug-likeness (QED) is 0.658. The van der Waals surface area contributed by atoms with Crippen LogP contribution >= 0.6 is 0 Å². The summed E-state index contributed by atoms with van der Waals surface area (Å²) in [5, 5.41) is 10.4. The van der Waals surface area contributed by atoms with Crippen molar-refractivity contribution >= 4 is 10.9 Å². The Hall–Kier alpha value is -2.22. The Morgan fingerprint density at radius 3 is 2.33 bits per heavy atom. The van der Waals surface area contributed by atoms with Gasteiger partial charge in [-0.15, -0.1) is 0 Å². The van der Waals surface area contributed by atoms with Crippen molar-refractivity contribution in [1.29, 1.82) is 0 Å². The van der Waals surface area contributed by atoms with Gasteiger partial charge in [0.15, 0.2) is 0 Å². The number of hydrogen-bond acceptors (Lipinski definition) is 1. The van der Waals surface area contributed by atoms with Crippen LogP contribution in [0.25, 0.3) is 10.9 Å². The summed E-state index contributed by atoms with van der Waals surface area (Å²) in [6, 6.07) is 17.7. The number of nitrogens with one attached hydrogen (secondary N) is 1. The molecule has 1 aromatic heterocycles. The number of H-pyrrole nitrogens is 1. The van der Waals surface area contributed by atoms with Gasteiger partial charge in [0.2, 0.25) is 0 Å². The van der Waals surface area contributed by atoms with Crippen molar-refractivity contribution in [2.75, 3.05) is 0 Å². The molecule has 0 radical (unpaired) electrons. The van der Waals surface area contributed by atoms with Crippen LogP contribution in [0.2, 0.25) is 0 Å². The van der Waals surface area contributed by atoms with Gasteiger partial charge in [0.1, 0.15) is 5.75 Å². The Morgan fingerprint density at radius 1 is 0.944 bits per heavy atom. The Kier molecular flexibility index (Phi) is 4.02. The zero-order valence-corrected chi connectivity index (χ0v) is 10.4. The van der Waals surface area contributed by atoms with Crippen molar-refractivity contribution in [3.05, 3.63) is 66.4 Å². The van der Waals surface area contributed by atoms with E-state index < -0.39 is 0 Å². The van der Waals surface area contributed by atoms with E-state index in [1.807, 2.05) is 43.5 Å². The summed E-state index contributed by atoms with van der Waals surface area (Å²) in [5.41, 5.74) is 2.22. The van der Waals surface area contributed by atoms with E-state index in [1.54, 1.807) is 6.07 Å². The van der Waals surface area contributed by atoms with E-state index in [1.165, 1.54) is 10.9 Å². The predicted octanol–water partition coefficient (Wildman–Crippen LogP) is 4.12. The van der Waals surface area contributed by atoms with Crippen LogP contribution in [0.3, 0.4) is 0 Å². The molecule has 2 N–H and O–H groups in total. The van der Waals surface area contributed by atoms with Crippen LogP contribution in [-0.4, -0.2) is 10.1 Å². The van der Waals surface area contributed by atoms with E-state index in [9.17, 15) is 0 Å². The zero-order chi connectivity index (χ0) is 12.8. The van der Waals surface area contributed by atoms with E-state index in [0.717, 1.165) is 12.0 Å². The van der Waals surface area contributed by atoms with Gasteiger partial charge in [-0.1, -0.05) is 43.3 Å². The first-order valence-corrected chi connectivity index (χ1v) is 6.10. The minimum atomic E-state index is 0.403. The van der Waals surface area contributed by atoms with Crippen LogP contribution in [0, 0.1) is 0 Å². The smallest absolute Gasteiger partial charge is 0.118 e. The average Bonchev–Trinajstić information content (AvgIpc) is 2.88. The highest BCUT2D eigenvalue weighted by molar-refractivity contribution is 5.78. The van der Waals surface area contributed by atoms with Gasteiger partial charge in [-0.25, -0.2) is 0 Å². The molecular weight excluding hydrogens is 222 g/mol. The highest BCUT2D eigenvalue weighted by Crippen LogP contribution is 2.14. The highest BCUT2D eigenvalue weighted by Gasteiger charge is 1.92. The molecule has 0 bridgehead atoms. The van der Waals surface area contributed by atoms with Crippen LogP contribution in [0.5, 0.6) is 5.75 Å². The monoisotopic (exact) mass is 239 g/mol. The van der Waals surface area contributed by atoms with Gasteiger partial charge < -0.3 is 10.1 Å². The van der Waals surface area contributed by atoms with Crippen molar-refractivity contribution in [3.8, 4) is 5.75 Å². The first kappa shape index (κ1) is 12.2. The number of hydrogen-bond donors (Lipinski definition) is 2. The maximum absolute atomic E-state index is 9.11. The minimum absolute atomic E-state index is 0.403. The van der Waals surface area contributed by atoms with Crippen molar-refractivity contribution < 1.29 is 5.11 Å². The second-order valence-corrected chi connectivity index (χ2v) is 4.05. The van der Waals surface area contributed by atoms with E-state index in [4.69, 9.17) is 5.11 Å². The molecule has 0 amide bonds. The van der Waals surface area contributed by atoms with Gasteiger partial charge in [-0.2, -0.15) is 0 Å². The topological polar surface area (TPSA) is 36.0 Å². The van der Waals surface area contributed by atoms with Gasteiger partial charge in [0.05, 0.1) is 0 Å². The molecule has 1 heterocycles. The Bertz CT molecular complexity index is 583. The minimum Gasteiger partial charge on any atom is -0.508 e. The van der Waals surface area contributed by atoms with Crippen molar-refractivity contribution in [2.45, 2.75) is 13.3 Å². The number of aromatic hydroxyl groups is 1. The molecule has 0 spiro atoms. The van der Waals surface area contributed by atoms with Crippen LogP contribution in [0.15, 0.2) is 60.8 Å². The zero-order valence-electron chi connectivity index (χ0n) is 10.4. The molecule has 2 aromatic carbocycles. The number of aromatic amines is 1. The number of phenols is 1. The number of para-hydroxylation sites is 2. The number of phenolic OH excluding ortho intramolecular Hbond substituents is 1. The first-order valence-electron chi connectivity index (χ1n) is 6.10. The Labute approximate surface area is 107 Å². The fourth-order valence-corrected chi connectivity index (χ4v) is 1.80. The molecule has 2 heteroatoms. The van der Waals surface area contributed by atoms with Crippen molar-refractivity contribution in [2.24, 2.45) is 0 Å². The van der Waals surface area contributed by atoms with Gasteiger partial charge in [-0.3, -0.25) is 0 Å². The van der Waals surface area contributed by atoms with E-state index in [0.29, 0.717) is 5.75 Å². The molecule has 0 aliphatic rings. The summed E-state index contributed by atoms with van der Waals surface area (Å²) in [4.78, 5) is 3.12. The standard InChI is InChI=1S/C8H7N.C8H10O/c1-2-4-8-7(3-1)5-6-9-8;1-2-7-5-3-4-6-8(7)9/h1-6,9H;3-6,9H,2H2,1H3. The molecule has 0 unspecified atom stereocenters. The van der Waals surface area contributed by atoms with Gasteiger partial charge >= 0.3 is 0 Å². The number of aromatic nitrogens is 1. The van der Waals surface area contributed by atoms with E-state index >= 15 is 0 Å². The Morgan fingerprint density at radius 2 is 1.67 bits per heavy atom. The fraction of sp³-hybridized carbons (Fsp3) is 0.125. The summed E-state index contributed by atoms with van der Waals surface area (Å²) in [6.45, 7) is 2.02. The molecule has 0 aliphatic carbocycles. The highest BCUT2D eigenvalue weighted by atomic mass is 16.3. The fourth-order valence-electron chi connectivity index (χ4n) is 1.80. The van der Waals surface area contributed by atoms with Gasteiger partial charge in [-0.05, 0) is 35.6 Å². The third-order valence-corrected chi connectivity index (χ3v) is 2.84. The van der Waals surface area contributed by atoms with Crippen molar-refractivity contribution in [3.63, 3.8) is 0 Å². The normalized spacial score (nSPS) is 9.83. The molecule has 3 rings (SSSR count). The lowest BCUT2D eigenvalue weighted by atomic mass is 10.1. The number of aryl methyl sites for hydroxylation is 1. The molecule has 0 aliphatic heterocycles. The average molecular weight is 239 g/mol. The summed E-state index contributed by atoms with van der Waals surface area (Å²) < 4.78 is 0. The lowest BCUT2D eigenvalue weighted by molar-refractivity contribution is 0.469. The summed E-state index contributed by atoms with van der Waals surface area (Å²) in [5.74, 6) is 0.403. The molecular formula is C16H17NO. The van der Waals surface area contributed by atoms with Gasteiger partial charge in [0, 0.05) is 11.7 Å². The molecule has 3 aromatic rings. The molecule has 0 saturated carbocycles. The number of rotatable bonds is 1. The third-order valence-electron chi connectivity index (χ3n) is 2.84. The van der Waals surface area contributed by atoms with E-state index in [2.05, 4.69) is 23.2 Å². The maximum atomic E-state index is 9.11. The molecule has 0 atom stereocenters. The number of benzene rings is 2. The van der Waals surface area contributed by atoms with Crippen molar-refractivity contribution in [1.82, 2.24) is 4.98 Å². The van der Waals surface area contributed by atoms with Crippen LogP contribution in [0.4, 0.5) is 0 Å². The molecule has 0 fully saturated rings. The largest absolute Gasteiger partial charge is 0.508 e. The van der Waals surface area contributed by atoms with Gasteiger partial charge in [0.25, 0.3) is 0 Å².